The Morgan fingerprint density at radius 3 is 2.32 bits per heavy atom. The third kappa shape index (κ3) is 2.31. The number of halogens is 2. The van der Waals surface area contributed by atoms with Crippen molar-refractivity contribution in [1.82, 2.24) is 5.32 Å². The number of hydrogen-bond acceptors (Lipinski definition) is 2. The molecule has 3 nitrogen and oxygen atoms in total. The minimum Gasteiger partial charge on any atom is -0.343 e. The van der Waals surface area contributed by atoms with Crippen LogP contribution in [0.25, 0.3) is 0 Å². The lowest BCUT2D eigenvalue weighted by atomic mass is 9.85. The topological polar surface area (TPSA) is 46.2 Å². The zero-order chi connectivity index (χ0) is 15.9. The molecule has 1 aromatic carbocycles. The fourth-order valence-electron chi connectivity index (χ4n) is 3.45. The minimum absolute atomic E-state index is 0.104. The van der Waals surface area contributed by atoms with Crippen molar-refractivity contribution < 1.29 is 9.59 Å². The molecule has 1 aliphatic carbocycles. The van der Waals surface area contributed by atoms with Crippen LogP contribution in [0.5, 0.6) is 0 Å². The van der Waals surface area contributed by atoms with Crippen molar-refractivity contribution in [3.63, 3.8) is 0 Å². The summed E-state index contributed by atoms with van der Waals surface area (Å²) in [4.78, 5) is 25.2. The van der Waals surface area contributed by atoms with Crippen LogP contribution < -0.4 is 5.32 Å². The van der Waals surface area contributed by atoms with Crippen LogP contribution in [0.1, 0.15) is 49.7 Å². The highest BCUT2D eigenvalue weighted by atomic mass is 35.5. The third-order valence-electron chi connectivity index (χ3n) is 4.45. The average molecular weight is 336 g/mol. The van der Waals surface area contributed by atoms with E-state index in [1.54, 1.807) is 19.1 Å². The Hall–Kier alpha value is -1.50. The highest BCUT2D eigenvalue weighted by Gasteiger charge is 2.54. The van der Waals surface area contributed by atoms with Crippen LogP contribution in [0.2, 0.25) is 10.0 Å². The molecule has 1 aromatic rings. The molecule has 1 atom stereocenters. The van der Waals surface area contributed by atoms with Gasteiger partial charge in [-0.1, -0.05) is 42.0 Å². The normalized spacial score (nSPS) is 22.6. The molecule has 1 N–H and O–H groups in total. The van der Waals surface area contributed by atoms with Gasteiger partial charge in [0.25, 0.3) is 0 Å². The molecule has 2 aliphatic rings. The number of Topliss-reactive ketones (excluding diaryl/α,β-unsaturated/α-hetero) is 1. The van der Waals surface area contributed by atoms with Crippen LogP contribution in [-0.2, 0) is 9.59 Å². The molecule has 114 valence electrons. The number of hydrogen-bond donors (Lipinski definition) is 1. The lowest BCUT2D eigenvalue weighted by molar-refractivity contribution is -0.125. The second kappa shape index (κ2) is 5.61. The largest absolute Gasteiger partial charge is 0.343 e. The monoisotopic (exact) mass is 335 g/mol. The highest BCUT2D eigenvalue weighted by molar-refractivity contribution is 6.38. The molecule has 5 heteroatoms. The van der Waals surface area contributed by atoms with E-state index in [9.17, 15) is 9.59 Å². The zero-order valence-corrected chi connectivity index (χ0v) is 13.6. The van der Waals surface area contributed by atoms with Crippen molar-refractivity contribution in [3.8, 4) is 11.8 Å². The summed E-state index contributed by atoms with van der Waals surface area (Å²) in [6, 6.07) is 3.30. The molecular weight excluding hydrogens is 321 g/mol. The Bertz CT molecular complexity index is 701. The quantitative estimate of drug-likeness (QED) is 0.631. The fourth-order valence-corrected chi connectivity index (χ4v) is 4.16. The molecule has 2 fully saturated rings. The lowest BCUT2D eigenvalue weighted by Crippen LogP contribution is -2.43. The number of ketones is 1. The van der Waals surface area contributed by atoms with Gasteiger partial charge in [0.1, 0.15) is 5.92 Å². The van der Waals surface area contributed by atoms with Crippen LogP contribution >= 0.6 is 23.2 Å². The zero-order valence-electron chi connectivity index (χ0n) is 12.1. The van der Waals surface area contributed by atoms with Gasteiger partial charge in [-0.15, -0.1) is 5.92 Å². The van der Waals surface area contributed by atoms with E-state index in [1.807, 2.05) is 0 Å². The van der Waals surface area contributed by atoms with Crippen molar-refractivity contribution in [2.24, 2.45) is 0 Å². The smallest absolute Gasteiger partial charge is 0.236 e. The fraction of sp³-hybridized carbons (Fsp3) is 0.412. The molecule has 0 radical (unpaired) electrons. The molecule has 22 heavy (non-hydrogen) atoms. The Morgan fingerprint density at radius 1 is 1.18 bits per heavy atom. The van der Waals surface area contributed by atoms with Gasteiger partial charge >= 0.3 is 0 Å². The molecule has 1 saturated heterocycles. The predicted octanol–water partition coefficient (Wildman–Crippen LogP) is 3.46. The van der Waals surface area contributed by atoms with Crippen molar-refractivity contribution in [2.75, 3.05) is 0 Å². The number of carbonyl (C=O) groups is 2. The number of amides is 1. The standard InChI is InChI=1S/C17H15Cl2NO2/c1-2-5-10-8-11(18)13(12(19)9-10)14-15(21)17(20-16(14)22)6-3-4-7-17/h8-9,14H,3-4,6-7H2,1H3,(H,20,22). The van der Waals surface area contributed by atoms with Gasteiger partial charge in [0, 0.05) is 21.2 Å². The van der Waals surface area contributed by atoms with Gasteiger partial charge in [0.15, 0.2) is 5.78 Å². The van der Waals surface area contributed by atoms with E-state index >= 15 is 0 Å². The maximum absolute atomic E-state index is 12.8. The summed E-state index contributed by atoms with van der Waals surface area (Å²) in [5.41, 5.74) is 0.356. The molecule has 1 saturated carbocycles. The summed E-state index contributed by atoms with van der Waals surface area (Å²) in [6.45, 7) is 1.72. The van der Waals surface area contributed by atoms with E-state index in [0.717, 1.165) is 12.8 Å². The van der Waals surface area contributed by atoms with Gasteiger partial charge in [-0.05, 0) is 31.9 Å². The van der Waals surface area contributed by atoms with Gasteiger partial charge in [0.05, 0.1) is 5.54 Å². The molecule has 1 amide bonds. The molecule has 0 aromatic heterocycles. The number of benzene rings is 1. The van der Waals surface area contributed by atoms with Gasteiger partial charge < -0.3 is 5.32 Å². The van der Waals surface area contributed by atoms with E-state index in [0.29, 0.717) is 34.0 Å². The Morgan fingerprint density at radius 2 is 1.77 bits per heavy atom. The number of rotatable bonds is 1. The first-order chi connectivity index (χ1) is 10.5. The summed E-state index contributed by atoms with van der Waals surface area (Å²) in [6.07, 6.45) is 3.29. The first-order valence-corrected chi connectivity index (χ1v) is 8.02. The predicted molar refractivity (Wildman–Crippen MR) is 86.1 cm³/mol. The third-order valence-corrected chi connectivity index (χ3v) is 5.08. The van der Waals surface area contributed by atoms with Crippen LogP contribution in [0.3, 0.4) is 0 Å². The summed E-state index contributed by atoms with van der Waals surface area (Å²) in [7, 11) is 0. The molecule has 1 aliphatic heterocycles. The lowest BCUT2D eigenvalue weighted by Gasteiger charge is -2.20. The van der Waals surface area contributed by atoms with E-state index in [-0.39, 0.29) is 11.7 Å². The maximum atomic E-state index is 12.8. The molecular formula is C17H15Cl2NO2. The van der Waals surface area contributed by atoms with Gasteiger partial charge in [-0.25, -0.2) is 0 Å². The minimum atomic E-state index is -0.915. The number of nitrogens with one attached hydrogen (secondary N) is 1. The molecule has 1 spiro atoms. The van der Waals surface area contributed by atoms with Crippen LogP contribution in [0.4, 0.5) is 0 Å². The SMILES string of the molecule is CC#Cc1cc(Cl)c(C2C(=O)NC3(CCCC3)C2=O)c(Cl)c1. The summed E-state index contributed by atoms with van der Waals surface area (Å²) in [5, 5.41) is 3.52. The summed E-state index contributed by atoms with van der Waals surface area (Å²) in [5.74, 6) is 4.33. The van der Waals surface area contributed by atoms with E-state index < -0.39 is 11.5 Å². The summed E-state index contributed by atoms with van der Waals surface area (Å²) >= 11 is 12.6. The van der Waals surface area contributed by atoms with Gasteiger partial charge in [-0.2, -0.15) is 0 Å². The van der Waals surface area contributed by atoms with Crippen LogP contribution in [-0.4, -0.2) is 17.2 Å². The van der Waals surface area contributed by atoms with Crippen LogP contribution in [0, 0.1) is 11.8 Å². The first kappa shape index (κ1) is 15.4. The Kier molecular flexibility index (Phi) is 3.92. The Balaban J connectivity index is 2.05. The van der Waals surface area contributed by atoms with Crippen molar-refractivity contribution in [2.45, 2.75) is 44.1 Å². The maximum Gasteiger partial charge on any atom is 0.236 e. The van der Waals surface area contributed by atoms with Crippen molar-refractivity contribution in [3.05, 3.63) is 33.3 Å². The Labute approximate surface area is 139 Å². The highest BCUT2D eigenvalue weighted by Crippen LogP contribution is 2.43. The molecule has 0 bridgehead atoms. The second-order valence-corrected chi connectivity index (χ2v) is 6.62. The first-order valence-electron chi connectivity index (χ1n) is 7.26. The second-order valence-electron chi connectivity index (χ2n) is 5.80. The summed E-state index contributed by atoms with van der Waals surface area (Å²) < 4.78 is 0. The van der Waals surface area contributed by atoms with Crippen molar-refractivity contribution >= 4 is 34.9 Å². The van der Waals surface area contributed by atoms with Gasteiger partial charge in [-0.3, -0.25) is 9.59 Å². The van der Waals surface area contributed by atoms with Crippen LogP contribution in [0.15, 0.2) is 12.1 Å². The van der Waals surface area contributed by atoms with Crippen molar-refractivity contribution in [1.29, 1.82) is 0 Å². The average Bonchev–Trinajstić information content (AvgIpc) is 3.00. The molecule has 1 unspecified atom stereocenters. The van der Waals surface area contributed by atoms with E-state index in [1.165, 1.54) is 0 Å². The number of carbonyl (C=O) groups excluding carboxylic acids is 2. The molecule has 3 rings (SSSR count). The van der Waals surface area contributed by atoms with Gasteiger partial charge in [0.2, 0.25) is 5.91 Å². The van der Waals surface area contributed by atoms with E-state index in [4.69, 9.17) is 23.2 Å². The molecule has 1 heterocycles. The van der Waals surface area contributed by atoms with E-state index in [2.05, 4.69) is 17.2 Å².